The first-order chi connectivity index (χ1) is 8.24. The van der Waals surface area contributed by atoms with Gasteiger partial charge in [-0.1, -0.05) is 0 Å². The Morgan fingerprint density at radius 2 is 2.18 bits per heavy atom. The number of rotatable bonds is 2. The second-order valence-corrected chi connectivity index (χ2v) is 3.93. The predicted molar refractivity (Wildman–Crippen MR) is 64.5 cm³/mol. The summed E-state index contributed by atoms with van der Waals surface area (Å²) in [6, 6.07) is 7.60. The van der Waals surface area contributed by atoms with Crippen molar-refractivity contribution in [2.45, 2.75) is 13.5 Å². The lowest BCUT2D eigenvalue weighted by molar-refractivity contribution is 0.497. The van der Waals surface area contributed by atoms with Crippen LogP contribution in [-0.4, -0.2) is 14.5 Å². The molecule has 0 aliphatic rings. The van der Waals surface area contributed by atoms with E-state index in [1.165, 1.54) is 0 Å². The van der Waals surface area contributed by atoms with Crippen LogP contribution in [0.2, 0.25) is 0 Å². The fourth-order valence-corrected chi connectivity index (χ4v) is 1.83. The van der Waals surface area contributed by atoms with Gasteiger partial charge in [-0.25, -0.2) is 9.97 Å². The van der Waals surface area contributed by atoms with E-state index in [0.717, 1.165) is 22.6 Å². The fraction of sp³-hybridized carbons (Fsp3) is 0.167. The van der Waals surface area contributed by atoms with Crippen molar-refractivity contribution in [3.63, 3.8) is 0 Å². The molecule has 2 N–H and O–H groups in total. The van der Waals surface area contributed by atoms with Gasteiger partial charge in [-0.15, -0.1) is 0 Å². The second kappa shape index (κ2) is 3.62. The van der Waals surface area contributed by atoms with Gasteiger partial charge in [0.1, 0.15) is 11.3 Å². The molecule has 0 aliphatic heterocycles. The minimum Gasteiger partial charge on any atom is -0.467 e. The van der Waals surface area contributed by atoms with Gasteiger partial charge in [0.05, 0.1) is 12.8 Å². The lowest BCUT2D eigenvalue weighted by atomic mass is 10.3. The summed E-state index contributed by atoms with van der Waals surface area (Å²) in [7, 11) is 0. The highest BCUT2D eigenvalue weighted by Crippen LogP contribution is 2.18. The molecule has 0 spiro atoms. The number of hydrogen-bond acceptors (Lipinski definition) is 4. The highest BCUT2D eigenvalue weighted by Gasteiger charge is 2.10. The molecule has 3 rings (SSSR count). The van der Waals surface area contributed by atoms with E-state index in [2.05, 4.69) is 9.97 Å². The van der Waals surface area contributed by atoms with Crippen LogP contribution in [-0.2, 0) is 6.54 Å². The van der Waals surface area contributed by atoms with Gasteiger partial charge >= 0.3 is 0 Å². The predicted octanol–water partition coefficient (Wildman–Crippen LogP) is 1.96. The van der Waals surface area contributed by atoms with Crippen molar-refractivity contribution >= 4 is 17.1 Å². The van der Waals surface area contributed by atoms with E-state index in [1.54, 1.807) is 6.26 Å². The largest absolute Gasteiger partial charge is 0.467 e. The van der Waals surface area contributed by atoms with E-state index >= 15 is 0 Å². The Morgan fingerprint density at radius 1 is 1.29 bits per heavy atom. The zero-order chi connectivity index (χ0) is 11.8. The zero-order valence-corrected chi connectivity index (χ0v) is 9.42. The summed E-state index contributed by atoms with van der Waals surface area (Å²) >= 11 is 0. The van der Waals surface area contributed by atoms with E-state index in [1.807, 2.05) is 35.8 Å². The smallest absolute Gasteiger partial charge is 0.202 e. The number of anilines is 1. The molecule has 0 aromatic carbocycles. The molecule has 5 heteroatoms. The van der Waals surface area contributed by atoms with Gasteiger partial charge in [-0.05, 0) is 31.2 Å². The summed E-state index contributed by atoms with van der Waals surface area (Å²) in [6.07, 6.45) is 1.64. The molecule has 17 heavy (non-hydrogen) atoms. The van der Waals surface area contributed by atoms with E-state index in [0.29, 0.717) is 12.5 Å². The van der Waals surface area contributed by atoms with Crippen LogP contribution in [0.5, 0.6) is 0 Å². The average molecular weight is 228 g/mol. The third kappa shape index (κ3) is 1.65. The second-order valence-electron chi connectivity index (χ2n) is 3.93. The van der Waals surface area contributed by atoms with Crippen molar-refractivity contribution in [2.24, 2.45) is 0 Å². The minimum atomic E-state index is 0.453. The third-order valence-electron chi connectivity index (χ3n) is 2.66. The van der Waals surface area contributed by atoms with Gasteiger partial charge in [0.2, 0.25) is 5.95 Å². The van der Waals surface area contributed by atoms with E-state index in [4.69, 9.17) is 10.2 Å². The van der Waals surface area contributed by atoms with Gasteiger partial charge < -0.3 is 10.2 Å². The highest BCUT2D eigenvalue weighted by atomic mass is 16.3. The number of aryl methyl sites for hydroxylation is 1. The van der Waals surface area contributed by atoms with E-state index < -0.39 is 0 Å². The molecule has 0 saturated heterocycles. The molecule has 3 heterocycles. The summed E-state index contributed by atoms with van der Waals surface area (Å²) in [6.45, 7) is 2.49. The Hall–Kier alpha value is -2.30. The fourth-order valence-electron chi connectivity index (χ4n) is 1.83. The van der Waals surface area contributed by atoms with Crippen molar-refractivity contribution < 1.29 is 4.42 Å². The van der Waals surface area contributed by atoms with Crippen LogP contribution in [0, 0.1) is 6.92 Å². The molecule has 0 aliphatic carbocycles. The van der Waals surface area contributed by atoms with Crippen LogP contribution in [0.4, 0.5) is 5.95 Å². The maximum Gasteiger partial charge on any atom is 0.202 e. The number of hydrogen-bond donors (Lipinski definition) is 1. The van der Waals surface area contributed by atoms with E-state index in [9.17, 15) is 0 Å². The number of fused-ring (bicyclic) bond motifs is 1. The zero-order valence-electron chi connectivity index (χ0n) is 9.42. The first kappa shape index (κ1) is 9.89. The number of imidazole rings is 1. The number of pyridine rings is 1. The number of nitrogens with zero attached hydrogens (tertiary/aromatic N) is 3. The molecule has 86 valence electrons. The normalized spacial score (nSPS) is 11.1. The van der Waals surface area contributed by atoms with Crippen molar-refractivity contribution in [3.05, 3.63) is 42.0 Å². The van der Waals surface area contributed by atoms with Crippen molar-refractivity contribution in [1.29, 1.82) is 0 Å². The number of aromatic nitrogens is 3. The Morgan fingerprint density at radius 3 is 2.94 bits per heavy atom. The highest BCUT2D eigenvalue weighted by molar-refractivity contribution is 5.74. The lowest BCUT2D eigenvalue weighted by Crippen LogP contribution is -2.04. The summed E-state index contributed by atoms with van der Waals surface area (Å²) in [4.78, 5) is 8.73. The minimum absolute atomic E-state index is 0.453. The molecule has 3 aromatic heterocycles. The Balaban J connectivity index is 2.14. The molecule has 0 unspecified atom stereocenters. The molecule has 0 fully saturated rings. The van der Waals surface area contributed by atoms with Crippen LogP contribution < -0.4 is 5.73 Å². The molecule has 3 aromatic rings. The molecule has 5 nitrogen and oxygen atoms in total. The maximum atomic E-state index is 5.89. The van der Waals surface area contributed by atoms with Gasteiger partial charge in [0.15, 0.2) is 5.65 Å². The van der Waals surface area contributed by atoms with Gasteiger partial charge in [-0.3, -0.25) is 4.57 Å². The molecular weight excluding hydrogens is 216 g/mol. The Kier molecular flexibility index (Phi) is 2.11. The van der Waals surface area contributed by atoms with Gasteiger partial charge in [0.25, 0.3) is 0 Å². The SMILES string of the molecule is Cc1ccc2nc(N)n(Cc3ccco3)c2n1. The number of nitrogens with two attached hydrogens (primary N) is 1. The maximum absolute atomic E-state index is 5.89. The van der Waals surface area contributed by atoms with E-state index in [-0.39, 0.29) is 0 Å². The number of furan rings is 1. The third-order valence-corrected chi connectivity index (χ3v) is 2.66. The summed E-state index contributed by atoms with van der Waals surface area (Å²) < 4.78 is 7.16. The quantitative estimate of drug-likeness (QED) is 0.728. The molecular formula is C12H12N4O. The van der Waals surface area contributed by atoms with Gasteiger partial charge in [-0.2, -0.15) is 0 Å². The standard InChI is InChI=1S/C12H12N4O/c1-8-4-5-10-11(14-8)16(12(13)15-10)7-9-3-2-6-17-9/h2-6H,7H2,1H3,(H2,13,15). The van der Waals surface area contributed by atoms with Crippen molar-refractivity contribution in [2.75, 3.05) is 5.73 Å². The van der Waals surface area contributed by atoms with Crippen molar-refractivity contribution in [3.8, 4) is 0 Å². The first-order valence-corrected chi connectivity index (χ1v) is 5.36. The molecule has 0 amide bonds. The Bertz CT molecular complexity index is 655. The van der Waals surface area contributed by atoms with Crippen molar-refractivity contribution in [1.82, 2.24) is 14.5 Å². The lowest BCUT2D eigenvalue weighted by Gasteiger charge is -2.03. The molecule has 0 saturated carbocycles. The van der Waals surface area contributed by atoms with Crippen LogP contribution in [0.1, 0.15) is 11.5 Å². The Labute approximate surface area is 97.9 Å². The first-order valence-electron chi connectivity index (χ1n) is 5.36. The number of nitrogen functional groups attached to an aromatic ring is 1. The topological polar surface area (TPSA) is 69.9 Å². The average Bonchev–Trinajstić information content (AvgIpc) is 2.90. The summed E-state index contributed by atoms with van der Waals surface area (Å²) in [5.74, 6) is 1.29. The summed E-state index contributed by atoms with van der Waals surface area (Å²) in [5, 5.41) is 0. The van der Waals surface area contributed by atoms with Gasteiger partial charge in [0, 0.05) is 5.69 Å². The van der Waals surface area contributed by atoms with Crippen LogP contribution in [0.3, 0.4) is 0 Å². The molecule has 0 radical (unpaired) electrons. The van der Waals surface area contributed by atoms with Crippen LogP contribution >= 0.6 is 0 Å². The molecule has 0 bridgehead atoms. The van der Waals surface area contributed by atoms with Crippen LogP contribution in [0.15, 0.2) is 34.9 Å². The monoisotopic (exact) mass is 228 g/mol. The molecule has 0 atom stereocenters. The summed E-state index contributed by atoms with van der Waals surface area (Å²) in [5.41, 5.74) is 8.43. The van der Waals surface area contributed by atoms with Crippen LogP contribution in [0.25, 0.3) is 11.2 Å².